The Bertz CT molecular complexity index is 598. The van der Waals surface area contributed by atoms with Crippen molar-refractivity contribution >= 4 is 16.8 Å². The minimum absolute atomic E-state index is 0.261. The van der Waals surface area contributed by atoms with E-state index in [4.69, 9.17) is 14.7 Å². The van der Waals surface area contributed by atoms with E-state index in [2.05, 4.69) is 4.98 Å². The van der Waals surface area contributed by atoms with Crippen LogP contribution in [0.15, 0.2) is 24.4 Å². The molecule has 94 valence electrons. The van der Waals surface area contributed by atoms with Gasteiger partial charge < -0.3 is 9.47 Å². The Balaban J connectivity index is 2.59. The lowest BCUT2D eigenvalue weighted by atomic mass is 10.1. The molecule has 0 aliphatic heterocycles. The summed E-state index contributed by atoms with van der Waals surface area (Å²) in [5.74, 6) is 0.504. The second-order valence-corrected chi connectivity index (χ2v) is 3.56. The SMILES string of the molecule is COc1cc2cc(C(=O)NO)cnc2cc1OC. The Morgan fingerprint density at radius 3 is 2.50 bits per heavy atom. The molecule has 0 aliphatic carbocycles. The Morgan fingerprint density at radius 1 is 1.22 bits per heavy atom. The zero-order valence-electron chi connectivity index (χ0n) is 9.93. The predicted octanol–water partition coefficient (Wildman–Crippen LogP) is 1.37. The molecule has 0 spiro atoms. The third-order valence-electron chi connectivity index (χ3n) is 2.55. The molecule has 2 rings (SSSR count). The van der Waals surface area contributed by atoms with Crippen molar-refractivity contribution in [2.75, 3.05) is 14.2 Å². The van der Waals surface area contributed by atoms with Gasteiger partial charge in [-0.15, -0.1) is 0 Å². The first-order chi connectivity index (χ1) is 8.69. The molecule has 1 aromatic carbocycles. The van der Waals surface area contributed by atoms with Gasteiger partial charge in [-0.05, 0) is 12.1 Å². The molecule has 1 amide bonds. The number of ether oxygens (including phenoxy) is 2. The van der Waals surface area contributed by atoms with E-state index in [-0.39, 0.29) is 5.56 Å². The van der Waals surface area contributed by atoms with Crippen molar-refractivity contribution < 1.29 is 19.5 Å². The molecule has 1 aromatic heterocycles. The van der Waals surface area contributed by atoms with Gasteiger partial charge in [-0.25, -0.2) is 5.48 Å². The van der Waals surface area contributed by atoms with Crippen molar-refractivity contribution in [3.05, 3.63) is 30.0 Å². The van der Waals surface area contributed by atoms with E-state index in [9.17, 15) is 4.79 Å². The summed E-state index contributed by atoms with van der Waals surface area (Å²) in [6.45, 7) is 0. The van der Waals surface area contributed by atoms with Crippen LogP contribution in [-0.4, -0.2) is 30.3 Å². The zero-order valence-corrected chi connectivity index (χ0v) is 9.93. The minimum Gasteiger partial charge on any atom is -0.493 e. The molecule has 0 saturated heterocycles. The van der Waals surface area contributed by atoms with Crippen LogP contribution in [0.4, 0.5) is 0 Å². The first kappa shape index (κ1) is 12.1. The molecule has 2 aromatic rings. The van der Waals surface area contributed by atoms with Crippen LogP contribution in [0.25, 0.3) is 10.9 Å². The number of hydroxylamine groups is 1. The molecule has 0 radical (unpaired) electrons. The highest BCUT2D eigenvalue weighted by atomic mass is 16.5. The largest absolute Gasteiger partial charge is 0.493 e. The van der Waals surface area contributed by atoms with E-state index in [1.54, 1.807) is 23.7 Å². The normalized spacial score (nSPS) is 10.2. The van der Waals surface area contributed by atoms with Crippen LogP contribution in [0.1, 0.15) is 10.4 Å². The number of carbonyl (C=O) groups is 1. The number of hydrogen-bond acceptors (Lipinski definition) is 5. The molecule has 0 unspecified atom stereocenters. The molecule has 0 bridgehead atoms. The Labute approximate surface area is 103 Å². The molecule has 6 heteroatoms. The highest BCUT2D eigenvalue weighted by molar-refractivity contribution is 5.97. The van der Waals surface area contributed by atoms with Gasteiger partial charge in [-0.3, -0.25) is 15.0 Å². The van der Waals surface area contributed by atoms with Crippen molar-refractivity contribution in [3.8, 4) is 11.5 Å². The van der Waals surface area contributed by atoms with Crippen molar-refractivity contribution in [1.82, 2.24) is 10.5 Å². The van der Waals surface area contributed by atoms with Gasteiger partial charge in [0.15, 0.2) is 11.5 Å². The van der Waals surface area contributed by atoms with E-state index in [1.807, 2.05) is 0 Å². The zero-order chi connectivity index (χ0) is 13.1. The van der Waals surface area contributed by atoms with Gasteiger partial charge in [0, 0.05) is 17.6 Å². The number of benzene rings is 1. The van der Waals surface area contributed by atoms with Gasteiger partial charge in [-0.1, -0.05) is 0 Å². The summed E-state index contributed by atoms with van der Waals surface area (Å²) in [6.07, 6.45) is 1.37. The molecule has 1 heterocycles. The van der Waals surface area contributed by atoms with Crippen LogP contribution in [0.2, 0.25) is 0 Å². The van der Waals surface area contributed by atoms with Gasteiger partial charge in [0.05, 0.1) is 25.3 Å². The van der Waals surface area contributed by atoms with Gasteiger partial charge in [0.2, 0.25) is 0 Å². The number of nitrogens with one attached hydrogen (secondary N) is 1. The number of nitrogens with zero attached hydrogens (tertiary/aromatic N) is 1. The first-order valence-corrected chi connectivity index (χ1v) is 5.16. The van der Waals surface area contributed by atoms with Crippen molar-refractivity contribution in [1.29, 1.82) is 0 Å². The van der Waals surface area contributed by atoms with Gasteiger partial charge in [0.1, 0.15) is 0 Å². The average molecular weight is 248 g/mol. The van der Waals surface area contributed by atoms with Crippen molar-refractivity contribution in [3.63, 3.8) is 0 Å². The van der Waals surface area contributed by atoms with E-state index < -0.39 is 5.91 Å². The van der Waals surface area contributed by atoms with E-state index in [1.165, 1.54) is 20.4 Å². The maximum absolute atomic E-state index is 11.3. The Morgan fingerprint density at radius 2 is 1.89 bits per heavy atom. The fourth-order valence-electron chi connectivity index (χ4n) is 1.64. The smallest absolute Gasteiger partial charge is 0.276 e. The minimum atomic E-state index is -0.612. The average Bonchev–Trinajstić information content (AvgIpc) is 2.44. The topological polar surface area (TPSA) is 80.7 Å². The fourth-order valence-corrected chi connectivity index (χ4v) is 1.64. The Hall–Kier alpha value is -2.34. The van der Waals surface area contributed by atoms with E-state index in [0.29, 0.717) is 22.4 Å². The molecule has 0 atom stereocenters. The highest BCUT2D eigenvalue weighted by Gasteiger charge is 2.10. The molecule has 18 heavy (non-hydrogen) atoms. The van der Waals surface area contributed by atoms with E-state index >= 15 is 0 Å². The lowest BCUT2D eigenvalue weighted by Crippen LogP contribution is -2.18. The number of carbonyl (C=O) groups excluding carboxylic acids is 1. The maximum atomic E-state index is 11.3. The summed E-state index contributed by atoms with van der Waals surface area (Å²) in [5.41, 5.74) is 2.49. The molecule has 0 saturated carbocycles. The number of methoxy groups -OCH3 is 2. The molecule has 2 N–H and O–H groups in total. The number of aromatic nitrogens is 1. The van der Waals surface area contributed by atoms with Crippen LogP contribution in [0.3, 0.4) is 0 Å². The quantitative estimate of drug-likeness (QED) is 0.633. The van der Waals surface area contributed by atoms with Crippen LogP contribution < -0.4 is 15.0 Å². The summed E-state index contributed by atoms with van der Waals surface area (Å²) in [7, 11) is 3.07. The fraction of sp³-hybridized carbons (Fsp3) is 0.167. The van der Waals surface area contributed by atoms with Crippen LogP contribution in [0.5, 0.6) is 11.5 Å². The third-order valence-corrected chi connectivity index (χ3v) is 2.55. The van der Waals surface area contributed by atoms with E-state index in [0.717, 1.165) is 0 Å². The van der Waals surface area contributed by atoms with Crippen molar-refractivity contribution in [2.24, 2.45) is 0 Å². The maximum Gasteiger partial charge on any atom is 0.276 e. The monoisotopic (exact) mass is 248 g/mol. The number of fused-ring (bicyclic) bond motifs is 1. The summed E-state index contributed by atoms with van der Waals surface area (Å²) < 4.78 is 10.3. The molecular weight excluding hydrogens is 236 g/mol. The second kappa shape index (κ2) is 4.89. The number of hydrogen-bond donors (Lipinski definition) is 2. The van der Waals surface area contributed by atoms with Crippen LogP contribution in [-0.2, 0) is 0 Å². The third kappa shape index (κ3) is 2.05. The molecule has 0 aliphatic rings. The van der Waals surface area contributed by atoms with Crippen LogP contribution >= 0.6 is 0 Å². The lowest BCUT2D eigenvalue weighted by Gasteiger charge is -2.09. The van der Waals surface area contributed by atoms with Crippen LogP contribution in [0, 0.1) is 0 Å². The summed E-state index contributed by atoms with van der Waals surface area (Å²) in [5, 5.41) is 9.29. The molecule has 0 fully saturated rings. The Kier molecular flexibility index (Phi) is 3.29. The van der Waals surface area contributed by atoms with Crippen molar-refractivity contribution in [2.45, 2.75) is 0 Å². The number of amides is 1. The first-order valence-electron chi connectivity index (χ1n) is 5.16. The summed E-state index contributed by atoms with van der Waals surface area (Å²) >= 11 is 0. The molecule has 6 nitrogen and oxygen atoms in total. The second-order valence-electron chi connectivity index (χ2n) is 3.56. The lowest BCUT2D eigenvalue weighted by molar-refractivity contribution is 0.0706. The summed E-state index contributed by atoms with van der Waals surface area (Å²) in [6, 6.07) is 5.04. The molecular formula is C12H12N2O4. The standard InChI is InChI=1S/C12H12N2O4/c1-17-10-4-7-3-8(12(15)14-16)6-13-9(7)5-11(10)18-2/h3-6,16H,1-2H3,(H,14,15). The predicted molar refractivity (Wildman–Crippen MR) is 64.1 cm³/mol. The summed E-state index contributed by atoms with van der Waals surface area (Å²) in [4.78, 5) is 15.4. The van der Waals surface area contributed by atoms with Gasteiger partial charge in [-0.2, -0.15) is 0 Å². The highest BCUT2D eigenvalue weighted by Crippen LogP contribution is 2.31. The number of rotatable bonds is 3. The number of pyridine rings is 1. The van der Waals surface area contributed by atoms with Gasteiger partial charge in [0.25, 0.3) is 5.91 Å². The van der Waals surface area contributed by atoms with Gasteiger partial charge >= 0.3 is 0 Å².